The molecule has 5 heteroatoms. The molecule has 0 aliphatic carbocycles. The Hall–Kier alpha value is -1.91. The normalized spacial score (nSPS) is 11.9. The Morgan fingerprint density at radius 1 is 0.957 bits per heavy atom. The average molecular weight is 336 g/mol. The summed E-state index contributed by atoms with van der Waals surface area (Å²) in [5.74, 6) is 2.16. The van der Waals surface area contributed by atoms with Crippen LogP contribution in [0.4, 0.5) is 0 Å². The maximum absolute atomic E-state index is 6.46. The highest BCUT2D eigenvalue weighted by Crippen LogP contribution is 2.39. The van der Waals surface area contributed by atoms with Crippen LogP contribution in [0.15, 0.2) is 36.4 Å². The van der Waals surface area contributed by atoms with Crippen LogP contribution in [0.25, 0.3) is 0 Å². The molecule has 0 aliphatic heterocycles. The number of ether oxygens (including phenoxy) is 3. The highest BCUT2D eigenvalue weighted by molar-refractivity contribution is 6.33. The van der Waals surface area contributed by atoms with Gasteiger partial charge in [0.05, 0.1) is 26.4 Å². The standard InChI is InChI=1S/C18H22ClNO3/c1-21-15-7-4-12(5-8-15)14(11-20)10-13-6-9-16(22-2)18(23-3)17(13)19/h4-9,14H,10-11,20H2,1-3H3. The summed E-state index contributed by atoms with van der Waals surface area (Å²) in [5.41, 5.74) is 8.10. The van der Waals surface area contributed by atoms with Crippen molar-refractivity contribution in [3.05, 3.63) is 52.5 Å². The lowest BCUT2D eigenvalue weighted by Crippen LogP contribution is -2.15. The minimum Gasteiger partial charge on any atom is -0.497 e. The van der Waals surface area contributed by atoms with E-state index in [1.165, 1.54) is 0 Å². The molecular formula is C18H22ClNO3. The summed E-state index contributed by atoms with van der Waals surface area (Å²) in [7, 11) is 4.82. The van der Waals surface area contributed by atoms with Crippen molar-refractivity contribution >= 4 is 11.6 Å². The molecule has 0 saturated heterocycles. The summed E-state index contributed by atoms with van der Waals surface area (Å²) < 4.78 is 15.8. The molecule has 0 bridgehead atoms. The predicted octanol–water partition coefficient (Wildman–Crippen LogP) is 3.65. The van der Waals surface area contributed by atoms with Crippen molar-refractivity contribution in [2.45, 2.75) is 12.3 Å². The maximum Gasteiger partial charge on any atom is 0.179 e. The molecular weight excluding hydrogens is 314 g/mol. The van der Waals surface area contributed by atoms with Gasteiger partial charge in [-0.15, -0.1) is 0 Å². The summed E-state index contributed by atoms with van der Waals surface area (Å²) >= 11 is 6.46. The molecule has 0 aromatic heterocycles. The number of hydrogen-bond acceptors (Lipinski definition) is 4. The Morgan fingerprint density at radius 3 is 2.17 bits per heavy atom. The minimum atomic E-state index is 0.163. The lowest BCUT2D eigenvalue weighted by Gasteiger charge is -2.18. The van der Waals surface area contributed by atoms with Gasteiger partial charge in [0.1, 0.15) is 5.75 Å². The van der Waals surface area contributed by atoms with E-state index in [1.807, 2.05) is 36.4 Å². The largest absolute Gasteiger partial charge is 0.497 e. The first-order chi connectivity index (χ1) is 11.1. The van der Waals surface area contributed by atoms with Gasteiger partial charge in [-0.2, -0.15) is 0 Å². The van der Waals surface area contributed by atoms with Gasteiger partial charge in [0.15, 0.2) is 11.5 Å². The fourth-order valence-corrected chi connectivity index (χ4v) is 2.88. The third-order valence-corrected chi connectivity index (χ3v) is 4.32. The van der Waals surface area contributed by atoms with Gasteiger partial charge >= 0.3 is 0 Å². The second-order valence-electron chi connectivity index (χ2n) is 5.18. The van der Waals surface area contributed by atoms with Crippen LogP contribution in [0, 0.1) is 0 Å². The summed E-state index contributed by atoms with van der Waals surface area (Å²) in [6, 6.07) is 11.8. The van der Waals surface area contributed by atoms with E-state index < -0.39 is 0 Å². The number of nitrogens with two attached hydrogens (primary N) is 1. The first-order valence-corrected chi connectivity index (χ1v) is 7.75. The van der Waals surface area contributed by atoms with Gasteiger partial charge in [-0.05, 0) is 42.3 Å². The van der Waals surface area contributed by atoms with Crippen molar-refractivity contribution in [2.75, 3.05) is 27.9 Å². The smallest absolute Gasteiger partial charge is 0.179 e. The van der Waals surface area contributed by atoms with Crippen LogP contribution in [-0.4, -0.2) is 27.9 Å². The molecule has 1 unspecified atom stereocenters. The topological polar surface area (TPSA) is 53.7 Å². The number of halogens is 1. The molecule has 2 aromatic carbocycles. The van der Waals surface area contributed by atoms with Crippen molar-refractivity contribution in [1.82, 2.24) is 0 Å². The Kier molecular flexibility index (Phi) is 6.13. The summed E-state index contributed by atoms with van der Waals surface area (Å²) in [6.07, 6.45) is 0.724. The Morgan fingerprint density at radius 2 is 1.65 bits per heavy atom. The lowest BCUT2D eigenvalue weighted by atomic mass is 9.92. The van der Waals surface area contributed by atoms with E-state index in [0.29, 0.717) is 23.1 Å². The van der Waals surface area contributed by atoms with Gasteiger partial charge < -0.3 is 19.9 Å². The highest BCUT2D eigenvalue weighted by atomic mass is 35.5. The molecule has 1 atom stereocenters. The molecule has 0 heterocycles. The van der Waals surface area contributed by atoms with E-state index in [-0.39, 0.29) is 5.92 Å². The van der Waals surface area contributed by atoms with Gasteiger partial charge in [0.2, 0.25) is 0 Å². The van der Waals surface area contributed by atoms with Crippen LogP contribution in [0.5, 0.6) is 17.2 Å². The fraction of sp³-hybridized carbons (Fsp3) is 0.333. The molecule has 2 N–H and O–H groups in total. The van der Waals surface area contributed by atoms with Crippen LogP contribution in [-0.2, 0) is 6.42 Å². The number of benzene rings is 2. The minimum absolute atomic E-state index is 0.163. The Labute approximate surface area is 142 Å². The second-order valence-corrected chi connectivity index (χ2v) is 5.56. The SMILES string of the molecule is COc1ccc(C(CN)Cc2ccc(OC)c(OC)c2Cl)cc1. The van der Waals surface area contributed by atoms with E-state index in [1.54, 1.807) is 21.3 Å². The van der Waals surface area contributed by atoms with Crippen molar-refractivity contribution in [3.8, 4) is 17.2 Å². The van der Waals surface area contributed by atoms with Crippen molar-refractivity contribution in [3.63, 3.8) is 0 Å². The Bertz CT molecular complexity index is 643. The third kappa shape index (κ3) is 3.89. The van der Waals surface area contributed by atoms with Crippen LogP contribution < -0.4 is 19.9 Å². The molecule has 23 heavy (non-hydrogen) atoms. The first-order valence-electron chi connectivity index (χ1n) is 7.38. The van der Waals surface area contributed by atoms with E-state index in [2.05, 4.69) is 0 Å². The molecule has 124 valence electrons. The zero-order valence-electron chi connectivity index (χ0n) is 13.6. The van der Waals surface area contributed by atoms with Crippen molar-refractivity contribution in [2.24, 2.45) is 5.73 Å². The lowest BCUT2D eigenvalue weighted by molar-refractivity contribution is 0.354. The molecule has 2 aromatic rings. The van der Waals surface area contributed by atoms with Crippen LogP contribution in [0.2, 0.25) is 5.02 Å². The van der Waals surface area contributed by atoms with Crippen molar-refractivity contribution in [1.29, 1.82) is 0 Å². The molecule has 0 radical (unpaired) electrons. The van der Waals surface area contributed by atoms with E-state index in [9.17, 15) is 0 Å². The van der Waals surface area contributed by atoms with Gasteiger partial charge in [-0.25, -0.2) is 0 Å². The molecule has 0 spiro atoms. The van der Waals surface area contributed by atoms with Crippen LogP contribution >= 0.6 is 11.6 Å². The summed E-state index contributed by atoms with van der Waals surface area (Å²) in [6.45, 7) is 0.525. The molecule has 0 aliphatic rings. The molecule has 4 nitrogen and oxygen atoms in total. The second kappa shape index (κ2) is 8.09. The van der Waals surface area contributed by atoms with Crippen LogP contribution in [0.3, 0.4) is 0 Å². The molecule has 0 saturated carbocycles. The molecule has 0 amide bonds. The monoisotopic (exact) mass is 335 g/mol. The maximum atomic E-state index is 6.46. The number of rotatable bonds is 7. The van der Waals surface area contributed by atoms with Crippen molar-refractivity contribution < 1.29 is 14.2 Å². The predicted molar refractivity (Wildman–Crippen MR) is 93.0 cm³/mol. The fourth-order valence-electron chi connectivity index (χ4n) is 2.57. The quantitative estimate of drug-likeness (QED) is 0.839. The number of hydrogen-bond donors (Lipinski definition) is 1. The molecule has 0 fully saturated rings. The van der Waals surface area contributed by atoms with Gasteiger partial charge in [0.25, 0.3) is 0 Å². The van der Waals surface area contributed by atoms with Gasteiger partial charge in [-0.3, -0.25) is 0 Å². The highest BCUT2D eigenvalue weighted by Gasteiger charge is 2.17. The first kappa shape index (κ1) is 17.4. The van der Waals surface area contributed by atoms with E-state index in [4.69, 9.17) is 31.5 Å². The third-order valence-electron chi connectivity index (χ3n) is 3.90. The molecule has 2 rings (SSSR count). The summed E-state index contributed by atoms with van der Waals surface area (Å²) in [4.78, 5) is 0. The zero-order chi connectivity index (χ0) is 16.8. The van der Waals surface area contributed by atoms with E-state index in [0.717, 1.165) is 23.3 Å². The number of methoxy groups -OCH3 is 3. The van der Waals surface area contributed by atoms with E-state index >= 15 is 0 Å². The average Bonchev–Trinajstić information content (AvgIpc) is 2.60. The Balaban J connectivity index is 2.27. The van der Waals surface area contributed by atoms with Gasteiger partial charge in [-0.1, -0.05) is 29.8 Å². The van der Waals surface area contributed by atoms with Gasteiger partial charge in [0, 0.05) is 5.92 Å². The zero-order valence-corrected chi connectivity index (χ0v) is 14.4. The summed E-state index contributed by atoms with van der Waals surface area (Å²) in [5, 5.41) is 0.568. The van der Waals surface area contributed by atoms with Crippen LogP contribution in [0.1, 0.15) is 17.0 Å².